The van der Waals surface area contributed by atoms with Crippen LogP contribution < -0.4 is 10.7 Å². The number of aromatic nitrogens is 1. The molecule has 2 atom stereocenters. The second-order valence-electron chi connectivity index (χ2n) is 7.74. The summed E-state index contributed by atoms with van der Waals surface area (Å²) in [7, 11) is 1.51. The standard InChI is InChI=1S/C21H20F3N3O5/c1-32-16-3-2-4-26-9-15(16)27-8-12(18(28)19(29)17(27)21(26)31)20(30)25-7-11-13(23)5-10(22)6-14(11)24/h5-6,8,15-16,29H,2-4,7,9H2,1H3,(H,25,30)/t15-,16?/m0/s1. The molecule has 2 aliphatic rings. The summed E-state index contributed by atoms with van der Waals surface area (Å²) in [5.41, 5.74) is -2.41. The first-order valence-electron chi connectivity index (χ1n) is 9.94. The highest BCUT2D eigenvalue weighted by Crippen LogP contribution is 2.33. The van der Waals surface area contributed by atoms with Crippen LogP contribution in [0, 0.1) is 17.5 Å². The third kappa shape index (κ3) is 3.62. The Morgan fingerprint density at radius 3 is 2.59 bits per heavy atom. The molecule has 2 aliphatic heterocycles. The van der Waals surface area contributed by atoms with Gasteiger partial charge in [-0.2, -0.15) is 0 Å². The average molecular weight is 451 g/mol. The maximum absolute atomic E-state index is 13.8. The van der Waals surface area contributed by atoms with Crippen molar-refractivity contribution < 1.29 is 32.6 Å². The summed E-state index contributed by atoms with van der Waals surface area (Å²) in [6, 6.07) is 0.497. The quantitative estimate of drug-likeness (QED) is 0.737. The predicted octanol–water partition coefficient (Wildman–Crippen LogP) is 1.71. The van der Waals surface area contributed by atoms with Gasteiger partial charge in [0, 0.05) is 50.6 Å². The minimum Gasteiger partial charge on any atom is -0.503 e. The fourth-order valence-electron chi connectivity index (χ4n) is 4.25. The molecule has 2 N–H and O–H groups in total. The molecular formula is C21H20F3N3O5. The molecule has 1 aromatic carbocycles. The van der Waals surface area contributed by atoms with Crippen LogP contribution in [0.2, 0.25) is 0 Å². The number of benzene rings is 1. The largest absolute Gasteiger partial charge is 0.503 e. The van der Waals surface area contributed by atoms with Gasteiger partial charge in [-0.25, -0.2) is 13.2 Å². The number of methoxy groups -OCH3 is 1. The summed E-state index contributed by atoms with van der Waals surface area (Å²) in [5.74, 6) is -5.92. The molecule has 1 fully saturated rings. The van der Waals surface area contributed by atoms with Crippen LogP contribution in [0.1, 0.15) is 45.3 Å². The normalized spacial score (nSPS) is 20.0. The first-order chi connectivity index (χ1) is 15.2. The highest BCUT2D eigenvalue weighted by atomic mass is 19.1. The van der Waals surface area contributed by atoms with E-state index in [1.807, 2.05) is 0 Å². The lowest BCUT2D eigenvalue weighted by atomic mass is 10.0. The molecule has 3 heterocycles. The van der Waals surface area contributed by atoms with Crippen molar-refractivity contribution in [1.29, 1.82) is 0 Å². The van der Waals surface area contributed by atoms with Crippen LogP contribution in [0.5, 0.6) is 5.75 Å². The molecule has 1 unspecified atom stereocenters. The second-order valence-corrected chi connectivity index (χ2v) is 7.74. The number of nitrogens with one attached hydrogen (secondary N) is 1. The Morgan fingerprint density at radius 1 is 1.25 bits per heavy atom. The molecule has 0 saturated carbocycles. The van der Waals surface area contributed by atoms with Gasteiger partial charge in [0.15, 0.2) is 11.4 Å². The summed E-state index contributed by atoms with van der Waals surface area (Å²) in [4.78, 5) is 39.6. The van der Waals surface area contributed by atoms with Crippen LogP contribution in [-0.2, 0) is 11.3 Å². The molecule has 0 aliphatic carbocycles. The van der Waals surface area contributed by atoms with Crippen LogP contribution >= 0.6 is 0 Å². The Hall–Kier alpha value is -3.34. The minimum atomic E-state index is -1.19. The zero-order valence-electron chi connectivity index (χ0n) is 17.0. The fourth-order valence-corrected chi connectivity index (χ4v) is 4.25. The maximum atomic E-state index is 13.8. The van der Waals surface area contributed by atoms with Crippen molar-refractivity contribution in [1.82, 2.24) is 14.8 Å². The van der Waals surface area contributed by atoms with Crippen LogP contribution in [0.3, 0.4) is 0 Å². The third-order valence-electron chi connectivity index (χ3n) is 5.89. The first kappa shape index (κ1) is 21.9. The van der Waals surface area contributed by atoms with Gasteiger partial charge in [-0.1, -0.05) is 0 Å². The summed E-state index contributed by atoms with van der Waals surface area (Å²) in [6.07, 6.45) is 2.12. The lowest BCUT2D eigenvalue weighted by Crippen LogP contribution is -2.47. The topological polar surface area (TPSA) is 101 Å². The van der Waals surface area contributed by atoms with E-state index in [0.29, 0.717) is 31.5 Å². The van der Waals surface area contributed by atoms with E-state index in [4.69, 9.17) is 4.74 Å². The fraction of sp³-hybridized carbons (Fsp3) is 0.381. The van der Waals surface area contributed by atoms with Crippen LogP contribution in [0.4, 0.5) is 13.2 Å². The molecule has 4 rings (SSSR count). The number of rotatable bonds is 4. The van der Waals surface area contributed by atoms with Gasteiger partial charge in [-0.3, -0.25) is 14.4 Å². The van der Waals surface area contributed by atoms with Crippen molar-refractivity contribution in [3.8, 4) is 5.75 Å². The smallest absolute Gasteiger partial charge is 0.274 e. The number of carbonyl (C=O) groups excluding carboxylic acids is 2. The molecule has 2 bridgehead atoms. The van der Waals surface area contributed by atoms with E-state index >= 15 is 0 Å². The van der Waals surface area contributed by atoms with Gasteiger partial charge in [-0.15, -0.1) is 0 Å². The SMILES string of the molecule is COC1CCCN2C[C@@H]1n1cc(C(=O)NCc3c(F)cc(F)cc3F)c(=O)c(O)c1C2=O. The van der Waals surface area contributed by atoms with E-state index in [1.165, 1.54) is 16.6 Å². The molecule has 1 saturated heterocycles. The number of aromatic hydroxyl groups is 1. The van der Waals surface area contributed by atoms with E-state index in [-0.39, 0.29) is 18.3 Å². The van der Waals surface area contributed by atoms with E-state index < -0.39 is 64.2 Å². The molecule has 8 nitrogen and oxygen atoms in total. The summed E-state index contributed by atoms with van der Waals surface area (Å²) in [5, 5.41) is 12.7. The zero-order valence-corrected chi connectivity index (χ0v) is 17.0. The summed E-state index contributed by atoms with van der Waals surface area (Å²) in [6.45, 7) is 0.0646. The number of ether oxygens (including phenoxy) is 1. The van der Waals surface area contributed by atoms with Gasteiger partial charge in [0.05, 0.1) is 12.1 Å². The van der Waals surface area contributed by atoms with Crippen molar-refractivity contribution in [2.45, 2.75) is 31.5 Å². The van der Waals surface area contributed by atoms with Crippen molar-refractivity contribution >= 4 is 11.8 Å². The highest BCUT2D eigenvalue weighted by Gasteiger charge is 2.40. The second kappa shape index (κ2) is 8.30. The van der Waals surface area contributed by atoms with Gasteiger partial charge in [0.2, 0.25) is 5.43 Å². The van der Waals surface area contributed by atoms with Crippen LogP contribution in [-0.4, -0.2) is 52.7 Å². The zero-order chi connectivity index (χ0) is 23.2. The van der Waals surface area contributed by atoms with E-state index in [2.05, 4.69) is 5.32 Å². The van der Waals surface area contributed by atoms with Gasteiger partial charge in [0.1, 0.15) is 23.0 Å². The van der Waals surface area contributed by atoms with E-state index in [9.17, 15) is 32.7 Å². The number of halogens is 3. The third-order valence-corrected chi connectivity index (χ3v) is 5.89. The molecule has 170 valence electrons. The van der Waals surface area contributed by atoms with Crippen molar-refractivity contribution in [2.75, 3.05) is 20.2 Å². The predicted molar refractivity (Wildman–Crippen MR) is 105 cm³/mol. The highest BCUT2D eigenvalue weighted by molar-refractivity contribution is 5.99. The Labute approximate surface area is 180 Å². The molecule has 2 amide bonds. The number of nitrogens with zero attached hydrogens (tertiary/aromatic N) is 2. The van der Waals surface area contributed by atoms with E-state index in [1.54, 1.807) is 0 Å². The first-order valence-corrected chi connectivity index (χ1v) is 9.94. The van der Waals surface area contributed by atoms with Crippen LogP contribution in [0.15, 0.2) is 23.1 Å². The van der Waals surface area contributed by atoms with Gasteiger partial charge in [-0.05, 0) is 12.8 Å². The lowest BCUT2D eigenvalue weighted by Gasteiger charge is -2.36. The van der Waals surface area contributed by atoms with Crippen molar-refractivity contribution in [3.63, 3.8) is 0 Å². The molecule has 0 radical (unpaired) electrons. The van der Waals surface area contributed by atoms with Crippen molar-refractivity contribution in [3.05, 3.63) is 62.8 Å². The molecule has 0 spiro atoms. The van der Waals surface area contributed by atoms with Crippen molar-refractivity contribution in [2.24, 2.45) is 0 Å². The molecule has 2 aromatic rings. The Morgan fingerprint density at radius 2 is 1.94 bits per heavy atom. The van der Waals surface area contributed by atoms with Gasteiger partial charge in [0.25, 0.3) is 11.8 Å². The lowest BCUT2D eigenvalue weighted by molar-refractivity contribution is 0.0352. The average Bonchev–Trinajstić information content (AvgIpc) is 2.93. The Kier molecular flexibility index (Phi) is 5.68. The molecular weight excluding hydrogens is 431 g/mol. The monoisotopic (exact) mass is 451 g/mol. The minimum absolute atomic E-state index is 0.234. The molecule has 32 heavy (non-hydrogen) atoms. The van der Waals surface area contributed by atoms with E-state index in [0.717, 1.165) is 6.20 Å². The number of hydrogen-bond acceptors (Lipinski definition) is 5. The number of pyridine rings is 1. The maximum Gasteiger partial charge on any atom is 0.274 e. The van der Waals surface area contributed by atoms with Crippen LogP contribution in [0.25, 0.3) is 0 Å². The Balaban J connectivity index is 1.70. The summed E-state index contributed by atoms with van der Waals surface area (Å²) >= 11 is 0. The van der Waals surface area contributed by atoms with Gasteiger partial charge >= 0.3 is 0 Å². The molecule has 1 aromatic heterocycles. The number of amides is 2. The van der Waals surface area contributed by atoms with Gasteiger partial charge < -0.3 is 24.6 Å². The number of fused-ring (bicyclic) bond motifs is 4. The summed E-state index contributed by atoms with van der Waals surface area (Å²) < 4.78 is 47.7. The number of carbonyl (C=O) groups is 2. The molecule has 11 heteroatoms. The number of hydrogen-bond donors (Lipinski definition) is 2. The Bertz CT molecular complexity index is 1140.